The number of hydrogen-bond acceptors (Lipinski definition) is 5. The van der Waals surface area contributed by atoms with Crippen molar-refractivity contribution in [3.8, 4) is 0 Å². The molecule has 8 nitrogen and oxygen atoms in total. The highest BCUT2D eigenvalue weighted by atomic mass is 16.5. The topological polar surface area (TPSA) is 90.4 Å². The normalized spacial score (nSPS) is 29.0. The van der Waals surface area contributed by atoms with Gasteiger partial charge in [0.1, 0.15) is 11.6 Å². The predicted octanol–water partition coefficient (Wildman–Crippen LogP) is 4.04. The van der Waals surface area contributed by atoms with Gasteiger partial charge in [0.25, 0.3) is 5.91 Å². The summed E-state index contributed by atoms with van der Waals surface area (Å²) in [6.07, 6.45) is 3.82. The van der Waals surface area contributed by atoms with Gasteiger partial charge in [0.15, 0.2) is 0 Å². The Kier molecular flexibility index (Phi) is 8.38. The van der Waals surface area contributed by atoms with Crippen LogP contribution in [0.25, 0.3) is 0 Å². The first-order valence-corrected chi connectivity index (χ1v) is 15.1. The Morgan fingerprint density at radius 1 is 1.05 bits per heavy atom. The van der Waals surface area contributed by atoms with Crippen LogP contribution in [0, 0.1) is 31.6 Å². The minimum atomic E-state index is -1.21. The molecule has 5 rings (SSSR count). The number of likely N-dealkylation sites (tertiary alicyclic amines) is 1. The Morgan fingerprint density at radius 2 is 1.70 bits per heavy atom. The fourth-order valence-electron chi connectivity index (χ4n) is 7.93. The number of β-amino-alcohol motifs (C(OH)–C–C–N with tert-alkyl or cyclic N) is 1. The summed E-state index contributed by atoms with van der Waals surface area (Å²) in [4.78, 5) is 48.5. The van der Waals surface area contributed by atoms with Crippen LogP contribution in [0.3, 0.4) is 0 Å². The van der Waals surface area contributed by atoms with E-state index in [9.17, 15) is 19.5 Å². The van der Waals surface area contributed by atoms with Crippen LogP contribution in [0.1, 0.15) is 37.0 Å². The van der Waals surface area contributed by atoms with Crippen LogP contribution in [0.15, 0.2) is 73.8 Å². The minimum Gasteiger partial charge on any atom is -0.395 e. The summed E-state index contributed by atoms with van der Waals surface area (Å²) in [5.41, 5.74) is 1.43. The first kappa shape index (κ1) is 30.7. The number of aliphatic hydroxyl groups is 1. The van der Waals surface area contributed by atoms with Crippen molar-refractivity contribution in [2.45, 2.75) is 57.9 Å². The largest absolute Gasteiger partial charge is 0.395 e. The van der Waals surface area contributed by atoms with Crippen LogP contribution < -0.4 is 4.90 Å². The standard InChI is InChI=1S/C35H43N3O5/c1-7-17-36(22-26-15-10-9-11-16-26)31(40)27-28-32(41)38(19-20-39)30(35(28)21-25(5)34(27,6)43-35)33(42)37(18-8-2)29-23(3)13-12-14-24(29)4/h7-16,25,27-28,30,39H,1-2,17-22H2,3-6H3/t25?,27-,28+,30?,34+,35?/m1/s1. The average Bonchev–Trinajstić information content (AvgIpc) is 3.48. The number of nitrogens with zero attached hydrogens (tertiary/aromatic N) is 3. The van der Waals surface area contributed by atoms with Crippen molar-refractivity contribution in [2.75, 3.05) is 31.1 Å². The smallest absolute Gasteiger partial charge is 0.253 e. The molecule has 1 N–H and O–H groups in total. The van der Waals surface area contributed by atoms with E-state index in [1.807, 2.05) is 76.2 Å². The lowest BCUT2D eigenvalue weighted by atomic mass is 9.62. The number of rotatable bonds is 11. The first-order chi connectivity index (χ1) is 20.5. The van der Waals surface area contributed by atoms with Crippen LogP contribution in [0.2, 0.25) is 0 Å². The van der Waals surface area contributed by atoms with Gasteiger partial charge >= 0.3 is 0 Å². The molecule has 3 amide bonds. The SMILES string of the molecule is C=CCN(Cc1ccccc1)C(=O)[C@H]1[C@H]2C(=O)N(CCO)C(C(=O)N(CC=C)c3c(C)cccc3C)C23CC(C)[C@]1(C)O3. The summed E-state index contributed by atoms with van der Waals surface area (Å²) < 4.78 is 6.91. The van der Waals surface area contributed by atoms with E-state index in [0.717, 1.165) is 22.4 Å². The molecule has 2 aromatic carbocycles. The maximum Gasteiger partial charge on any atom is 0.253 e. The Hall–Kier alpha value is -3.75. The molecular weight excluding hydrogens is 542 g/mol. The van der Waals surface area contributed by atoms with Gasteiger partial charge < -0.3 is 24.5 Å². The second-order valence-electron chi connectivity index (χ2n) is 12.4. The number of aliphatic hydroxyl groups excluding tert-OH is 1. The lowest BCUT2D eigenvalue weighted by Gasteiger charge is -2.39. The van der Waals surface area contributed by atoms with Gasteiger partial charge in [0.2, 0.25) is 11.8 Å². The second-order valence-corrected chi connectivity index (χ2v) is 12.4. The fourth-order valence-corrected chi connectivity index (χ4v) is 7.93. The maximum absolute atomic E-state index is 14.8. The molecule has 3 heterocycles. The van der Waals surface area contributed by atoms with Crippen molar-refractivity contribution in [1.29, 1.82) is 0 Å². The van der Waals surface area contributed by atoms with E-state index in [2.05, 4.69) is 13.2 Å². The first-order valence-electron chi connectivity index (χ1n) is 15.1. The molecule has 0 radical (unpaired) electrons. The number of carbonyl (C=O) groups excluding carboxylic acids is 3. The van der Waals surface area contributed by atoms with Crippen molar-refractivity contribution in [3.05, 3.63) is 90.5 Å². The van der Waals surface area contributed by atoms with Gasteiger partial charge in [0, 0.05) is 31.9 Å². The molecule has 1 spiro atoms. The zero-order valence-electron chi connectivity index (χ0n) is 25.7. The molecule has 3 saturated heterocycles. The van der Waals surface area contributed by atoms with Crippen molar-refractivity contribution < 1.29 is 24.2 Å². The summed E-state index contributed by atoms with van der Waals surface area (Å²) in [6.45, 7) is 16.2. The third-order valence-electron chi connectivity index (χ3n) is 9.82. The lowest BCUT2D eigenvalue weighted by Crippen LogP contribution is -2.57. The van der Waals surface area contributed by atoms with Crippen molar-refractivity contribution in [3.63, 3.8) is 0 Å². The number of benzene rings is 2. The molecule has 0 saturated carbocycles. The molecule has 0 aromatic heterocycles. The minimum absolute atomic E-state index is 0.0298. The molecule has 43 heavy (non-hydrogen) atoms. The van der Waals surface area contributed by atoms with Crippen LogP contribution in [-0.2, 0) is 25.7 Å². The van der Waals surface area contributed by atoms with E-state index in [-0.39, 0.29) is 43.3 Å². The third kappa shape index (κ3) is 4.81. The molecule has 228 valence electrons. The van der Waals surface area contributed by atoms with Crippen LogP contribution >= 0.6 is 0 Å². The van der Waals surface area contributed by atoms with E-state index in [4.69, 9.17) is 4.74 Å². The van der Waals surface area contributed by atoms with Gasteiger partial charge in [-0.25, -0.2) is 0 Å². The van der Waals surface area contributed by atoms with Gasteiger partial charge in [-0.1, -0.05) is 67.6 Å². The van der Waals surface area contributed by atoms with Crippen LogP contribution in [-0.4, -0.2) is 76.1 Å². The molecule has 6 atom stereocenters. The Morgan fingerprint density at radius 3 is 2.30 bits per heavy atom. The second kappa shape index (κ2) is 11.7. The summed E-state index contributed by atoms with van der Waals surface area (Å²) in [5.74, 6) is -2.54. The summed E-state index contributed by atoms with van der Waals surface area (Å²) in [6, 6.07) is 14.6. The van der Waals surface area contributed by atoms with Gasteiger partial charge in [-0.3, -0.25) is 14.4 Å². The number of ether oxygens (including phenoxy) is 1. The molecule has 8 heteroatoms. The van der Waals surface area contributed by atoms with Gasteiger partial charge in [-0.2, -0.15) is 0 Å². The Bertz CT molecular complexity index is 1410. The van der Waals surface area contributed by atoms with E-state index >= 15 is 0 Å². The summed E-state index contributed by atoms with van der Waals surface area (Å²) in [7, 11) is 0. The zero-order valence-corrected chi connectivity index (χ0v) is 25.7. The van der Waals surface area contributed by atoms with E-state index in [1.54, 1.807) is 22.0 Å². The quantitative estimate of drug-likeness (QED) is 0.402. The Balaban J connectivity index is 1.60. The van der Waals surface area contributed by atoms with Crippen molar-refractivity contribution >= 4 is 23.4 Å². The third-order valence-corrected chi connectivity index (χ3v) is 9.82. The van der Waals surface area contributed by atoms with Gasteiger partial charge in [-0.05, 0) is 49.8 Å². The number of hydrogen-bond donors (Lipinski definition) is 1. The maximum atomic E-state index is 14.8. The average molecular weight is 586 g/mol. The highest BCUT2D eigenvalue weighted by Crippen LogP contribution is 2.65. The number of para-hydroxylation sites is 1. The highest BCUT2D eigenvalue weighted by molar-refractivity contribution is 6.05. The zero-order chi connectivity index (χ0) is 31.1. The predicted molar refractivity (Wildman–Crippen MR) is 166 cm³/mol. The highest BCUT2D eigenvalue weighted by Gasteiger charge is 2.80. The molecule has 3 fully saturated rings. The lowest BCUT2D eigenvalue weighted by molar-refractivity contribution is -0.152. The summed E-state index contributed by atoms with van der Waals surface area (Å²) >= 11 is 0. The monoisotopic (exact) mass is 585 g/mol. The molecule has 3 aliphatic heterocycles. The van der Waals surface area contributed by atoms with Crippen LogP contribution in [0.5, 0.6) is 0 Å². The van der Waals surface area contributed by atoms with Gasteiger partial charge in [-0.15, -0.1) is 13.2 Å². The molecule has 3 aliphatic rings. The van der Waals surface area contributed by atoms with E-state index in [1.165, 1.54) is 4.90 Å². The van der Waals surface area contributed by atoms with Crippen molar-refractivity contribution in [1.82, 2.24) is 9.80 Å². The fraction of sp³-hybridized carbons (Fsp3) is 0.457. The number of amides is 3. The molecule has 3 unspecified atom stereocenters. The molecule has 2 bridgehead atoms. The molecule has 2 aromatic rings. The molecule has 0 aliphatic carbocycles. The van der Waals surface area contributed by atoms with E-state index < -0.39 is 29.1 Å². The number of anilines is 1. The number of carbonyl (C=O) groups is 3. The Labute approximate surface area is 254 Å². The number of aryl methyl sites for hydroxylation is 2. The summed E-state index contributed by atoms with van der Waals surface area (Å²) in [5, 5.41) is 10.1. The van der Waals surface area contributed by atoms with Crippen LogP contribution in [0.4, 0.5) is 5.69 Å². The van der Waals surface area contributed by atoms with E-state index in [0.29, 0.717) is 19.5 Å². The molecular formula is C35H43N3O5. The number of fused-ring (bicyclic) bond motifs is 1. The van der Waals surface area contributed by atoms with Gasteiger partial charge in [0.05, 0.1) is 24.0 Å². The van der Waals surface area contributed by atoms with Crippen molar-refractivity contribution in [2.24, 2.45) is 17.8 Å².